The van der Waals surface area contributed by atoms with E-state index in [9.17, 15) is 0 Å². The van der Waals surface area contributed by atoms with Gasteiger partial charge in [-0.15, -0.1) is 10.2 Å². The van der Waals surface area contributed by atoms with Crippen LogP contribution in [-0.2, 0) is 6.54 Å². The van der Waals surface area contributed by atoms with Gasteiger partial charge in [-0.25, -0.2) is 14.6 Å². The zero-order chi connectivity index (χ0) is 21.6. The van der Waals surface area contributed by atoms with Gasteiger partial charge in [0.25, 0.3) is 0 Å². The second-order valence-electron chi connectivity index (χ2n) is 6.73. The van der Waals surface area contributed by atoms with Gasteiger partial charge in [-0.2, -0.15) is 0 Å². The Balaban J connectivity index is 1.56. The molecule has 2 aromatic carbocycles. The van der Waals surface area contributed by atoms with E-state index in [2.05, 4.69) is 59.9 Å². The number of thioether (sulfide) groups is 2. The average molecular weight is 449 g/mol. The molecule has 0 saturated heterocycles. The van der Waals surface area contributed by atoms with Gasteiger partial charge >= 0.3 is 0 Å². The summed E-state index contributed by atoms with van der Waals surface area (Å²) in [5, 5.41) is 13.7. The maximum Gasteiger partial charge on any atom is 0.208 e. The molecule has 6 nitrogen and oxygen atoms in total. The summed E-state index contributed by atoms with van der Waals surface area (Å²) in [6.45, 7) is 8.71. The number of nitrogens with one attached hydrogen (secondary N) is 1. The second kappa shape index (κ2) is 9.98. The molecular formula is C23H24N6S2. The van der Waals surface area contributed by atoms with Crippen molar-refractivity contribution in [2.45, 2.75) is 30.7 Å². The predicted molar refractivity (Wildman–Crippen MR) is 129 cm³/mol. The Bertz CT molecular complexity index is 1150. The van der Waals surface area contributed by atoms with Crippen molar-refractivity contribution in [3.05, 3.63) is 66.2 Å². The van der Waals surface area contributed by atoms with E-state index in [0.717, 1.165) is 50.2 Å². The normalized spacial score (nSPS) is 11.0. The van der Waals surface area contributed by atoms with Gasteiger partial charge in [-0.3, -0.25) is 5.10 Å². The summed E-state index contributed by atoms with van der Waals surface area (Å²) in [7, 11) is 0. The Labute approximate surface area is 190 Å². The highest BCUT2D eigenvalue weighted by Gasteiger charge is 2.13. The lowest BCUT2D eigenvalue weighted by Gasteiger charge is -2.05. The van der Waals surface area contributed by atoms with Crippen LogP contribution in [0.3, 0.4) is 0 Å². The number of hydrogen-bond donors (Lipinski definition) is 1. The topological polar surface area (TPSA) is 72.3 Å². The maximum absolute atomic E-state index is 4.79. The molecule has 0 aliphatic heterocycles. The summed E-state index contributed by atoms with van der Waals surface area (Å²) >= 11 is 3.32. The van der Waals surface area contributed by atoms with Gasteiger partial charge in [0.15, 0.2) is 16.8 Å². The highest BCUT2D eigenvalue weighted by molar-refractivity contribution is 7.99. The summed E-state index contributed by atoms with van der Waals surface area (Å²) < 4.78 is 1.98. The first-order chi connectivity index (χ1) is 15.2. The third-order valence-corrected chi connectivity index (χ3v) is 6.19. The predicted octanol–water partition coefficient (Wildman–Crippen LogP) is 5.65. The van der Waals surface area contributed by atoms with Gasteiger partial charge in [0.1, 0.15) is 0 Å². The van der Waals surface area contributed by atoms with Crippen LogP contribution in [0.4, 0.5) is 0 Å². The summed E-state index contributed by atoms with van der Waals surface area (Å²) in [5.41, 5.74) is 4.26. The Kier molecular flexibility index (Phi) is 6.89. The molecule has 0 unspecified atom stereocenters. The largest absolute Gasteiger partial charge is 0.258 e. The van der Waals surface area contributed by atoms with Gasteiger partial charge in [0.2, 0.25) is 5.16 Å². The average Bonchev–Trinajstić information content (AvgIpc) is 3.43. The first-order valence-corrected chi connectivity index (χ1v) is 12.1. The Morgan fingerprint density at radius 2 is 1.65 bits per heavy atom. The SMILES string of the molecule is C=Cc1ccc(Cn2nc(-c3ccc(-c4nc(SCC)n[nH]4)cc3)nc2SCC)cc1. The van der Waals surface area contributed by atoms with Crippen molar-refractivity contribution in [1.29, 1.82) is 0 Å². The van der Waals surface area contributed by atoms with Gasteiger partial charge in [-0.05, 0) is 22.6 Å². The summed E-state index contributed by atoms with van der Waals surface area (Å²) in [6.07, 6.45) is 1.85. The van der Waals surface area contributed by atoms with Gasteiger partial charge in [-0.1, -0.05) is 98.6 Å². The fourth-order valence-electron chi connectivity index (χ4n) is 3.07. The molecule has 1 N–H and O–H groups in total. The number of H-pyrrole nitrogens is 1. The van der Waals surface area contributed by atoms with Crippen molar-refractivity contribution >= 4 is 29.6 Å². The van der Waals surface area contributed by atoms with E-state index in [4.69, 9.17) is 10.1 Å². The lowest BCUT2D eigenvalue weighted by atomic mass is 10.1. The molecule has 0 saturated carbocycles. The Morgan fingerprint density at radius 1 is 0.935 bits per heavy atom. The number of nitrogens with zero attached hydrogens (tertiary/aromatic N) is 5. The van der Waals surface area contributed by atoms with Crippen LogP contribution in [0.15, 0.2) is 65.4 Å². The number of rotatable bonds is 9. The van der Waals surface area contributed by atoms with Gasteiger partial charge in [0, 0.05) is 11.1 Å². The van der Waals surface area contributed by atoms with E-state index in [1.807, 2.05) is 35.0 Å². The molecule has 158 valence electrons. The van der Waals surface area contributed by atoms with Crippen molar-refractivity contribution < 1.29 is 0 Å². The quantitative estimate of drug-likeness (QED) is 0.334. The van der Waals surface area contributed by atoms with Gasteiger partial charge < -0.3 is 0 Å². The van der Waals surface area contributed by atoms with Crippen LogP contribution in [0.5, 0.6) is 0 Å². The Hall–Kier alpha value is -2.84. The molecule has 0 radical (unpaired) electrons. The van der Waals surface area contributed by atoms with Gasteiger partial charge in [0.05, 0.1) is 6.54 Å². The lowest BCUT2D eigenvalue weighted by Crippen LogP contribution is -2.03. The lowest BCUT2D eigenvalue weighted by molar-refractivity contribution is 0.619. The molecule has 0 atom stereocenters. The molecule has 4 rings (SSSR count). The highest BCUT2D eigenvalue weighted by atomic mass is 32.2. The third kappa shape index (κ3) is 5.08. The van der Waals surface area contributed by atoms with Crippen LogP contribution in [-0.4, -0.2) is 41.5 Å². The molecule has 0 spiro atoms. The molecule has 4 aromatic rings. The molecule has 31 heavy (non-hydrogen) atoms. The second-order valence-corrected chi connectivity index (χ2v) is 9.19. The summed E-state index contributed by atoms with van der Waals surface area (Å²) in [6, 6.07) is 16.5. The molecule has 0 amide bonds. The number of aromatic nitrogens is 6. The van der Waals surface area contributed by atoms with E-state index in [1.165, 1.54) is 5.56 Å². The fourth-order valence-corrected chi connectivity index (χ4v) is 4.26. The maximum atomic E-state index is 4.79. The minimum absolute atomic E-state index is 0.681. The van der Waals surface area contributed by atoms with Crippen LogP contribution >= 0.6 is 23.5 Å². The molecular weight excluding hydrogens is 424 g/mol. The van der Waals surface area contributed by atoms with E-state index >= 15 is 0 Å². The van der Waals surface area contributed by atoms with E-state index < -0.39 is 0 Å². The van der Waals surface area contributed by atoms with Crippen molar-refractivity contribution in [2.24, 2.45) is 0 Å². The summed E-state index contributed by atoms with van der Waals surface area (Å²) in [5.74, 6) is 3.38. The fraction of sp³-hybridized carbons (Fsp3) is 0.217. The molecule has 0 fully saturated rings. The van der Waals surface area contributed by atoms with Crippen molar-refractivity contribution in [2.75, 3.05) is 11.5 Å². The van der Waals surface area contributed by atoms with Crippen LogP contribution in [0.1, 0.15) is 25.0 Å². The van der Waals surface area contributed by atoms with E-state index in [0.29, 0.717) is 6.54 Å². The molecule has 2 aromatic heterocycles. The standard InChI is InChI=1S/C23H24N6S2/c1-4-16-7-9-17(10-8-16)15-29-23(31-6-3)25-21(28-29)19-13-11-18(12-14-19)20-24-22(27-26-20)30-5-2/h4,7-14H,1,5-6,15H2,2-3H3,(H,24,26,27). The van der Waals surface area contributed by atoms with Crippen molar-refractivity contribution in [3.8, 4) is 22.8 Å². The zero-order valence-electron chi connectivity index (χ0n) is 17.6. The first kappa shape index (κ1) is 21.4. The highest BCUT2D eigenvalue weighted by Crippen LogP contribution is 2.25. The molecule has 0 aliphatic rings. The van der Waals surface area contributed by atoms with Crippen molar-refractivity contribution in [1.82, 2.24) is 29.9 Å². The zero-order valence-corrected chi connectivity index (χ0v) is 19.2. The monoisotopic (exact) mass is 448 g/mol. The summed E-state index contributed by atoms with van der Waals surface area (Å²) in [4.78, 5) is 9.32. The first-order valence-electron chi connectivity index (χ1n) is 10.1. The van der Waals surface area contributed by atoms with Crippen LogP contribution in [0.2, 0.25) is 0 Å². The smallest absolute Gasteiger partial charge is 0.208 e. The van der Waals surface area contributed by atoms with Crippen LogP contribution < -0.4 is 0 Å². The third-order valence-electron chi connectivity index (χ3n) is 4.61. The minimum atomic E-state index is 0.681. The molecule has 0 aliphatic carbocycles. The number of hydrogen-bond acceptors (Lipinski definition) is 6. The van der Waals surface area contributed by atoms with Crippen LogP contribution in [0.25, 0.3) is 28.9 Å². The van der Waals surface area contributed by atoms with E-state index in [-0.39, 0.29) is 0 Å². The van der Waals surface area contributed by atoms with Crippen LogP contribution in [0, 0.1) is 0 Å². The minimum Gasteiger partial charge on any atom is -0.258 e. The molecule has 8 heteroatoms. The number of benzene rings is 2. The Morgan fingerprint density at radius 3 is 2.32 bits per heavy atom. The molecule has 0 bridgehead atoms. The van der Waals surface area contributed by atoms with Crippen molar-refractivity contribution in [3.63, 3.8) is 0 Å². The number of aromatic amines is 1. The molecule has 2 heterocycles. The van der Waals surface area contributed by atoms with E-state index in [1.54, 1.807) is 23.5 Å².